The summed E-state index contributed by atoms with van der Waals surface area (Å²) in [5, 5.41) is 8.80. The molecule has 0 unspecified atom stereocenters. The Morgan fingerprint density at radius 2 is 2.33 bits per heavy atom. The number of nitrogens with two attached hydrogens (primary N) is 1. The third kappa shape index (κ3) is 2.83. The summed E-state index contributed by atoms with van der Waals surface area (Å²) >= 11 is 0. The summed E-state index contributed by atoms with van der Waals surface area (Å²) in [6.45, 7) is 4.43. The van der Waals surface area contributed by atoms with Gasteiger partial charge in [0.15, 0.2) is 0 Å². The molecule has 0 amide bonds. The lowest BCUT2D eigenvalue weighted by atomic mass is 10.2. The minimum Gasteiger partial charge on any atom is -0.478 e. The highest BCUT2D eigenvalue weighted by Gasteiger charge is 2.13. The summed E-state index contributed by atoms with van der Waals surface area (Å²) in [6.07, 6.45) is 1.37. The van der Waals surface area contributed by atoms with E-state index in [9.17, 15) is 4.79 Å². The molecular formula is C10H14N2O3. The number of rotatable bonds is 4. The molecule has 0 saturated heterocycles. The number of pyridine rings is 1. The molecule has 15 heavy (non-hydrogen) atoms. The SMILES string of the molecule is CC(C)COc1nccc(C(=O)O)c1N. The second-order valence-corrected chi connectivity index (χ2v) is 3.59. The Hall–Kier alpha value is -1.78. The molecule has 0 spiro atoms. The molecule has 0 aliphatic heterocycles. The topological polar surface area (TPSA) is 85.4 Å². The number of carboxylic acids is 1. The second kappa shape index (κ2) is 4.63. The molecular weight excluding hydrogens is 196 g/mol. The van der Waals surface area contributed by atoms with Gasteiger partial charge in [-0.25, -0.2) is 9.78 Å². The number of carboxylic acid groups (broad SMARTS) is 1. The maximum atomic E-state index is 10.7. The number of hydrogen-bond acceptors (Lipinski definition) is 4. The maximum absolute atomic E-state index is 10.7. The van der Waals surface area contributed by atoms with Crippen LogP contribution in [-0.2, 0) is 0 Å². The molecule has 5 heteroatoms. The summed E-state index contributed by atoms with van der Waals surface area (Å²) in [5.74, 6) is -0.562. The van der Waals surface area contributed by atoms with Crippen LogP contribution in [0.4, 0.5) is 5.69 Å². The van der Waals surface area contributed by atoms with Crippen molar-refractivity contribution in [3.05, 3.63) is 17.8 Å². The smallest absolute Gasteiger partial charge is 0.338 e. The van der Waals surface area contributed by atoms with Crippen molar-refractivity contribution in [3.63, 3.8) is 0 Å². The normalized spacial score (nSPS) is 10.3. The van der Waals surface area contributed by atoms with E-state index in [0.29, 0.717) is 12.5 Å². The van der Waals surface area contributed by atoms with Crippen LogP contribution < -0.4 is 10.5 Å². The molecule has 0 aliphatic carbocycles. The van der Waals surface area contributed by atoms with E-state index in [1.165, 1.54) is 12.3 Å². The largest absolute Gasteiger partial charge is 0.478 e. The van der Waals surface area contributed by atoms with Gasteiger partial charge in [-0.15, -0.1) is 0 Å². The second-order valence-electron chi connectivity index (χ2n) is 3.59. The van der Waals surface area contributed by atoms with Crippen LogP contribution in [0.25, 0.3) is 0 Å². The first kappa shape index (κ1) is 11.3. The fourth-order valence-electron chi connectivity index (χ4n) is 1.00. The van der Waals surface area contributed by atoms with Crippen molar-refractivity contribution in [2.45, 2.75) is 13.8 Å². The van der Waals surface area contributed by atoms with Crippen molar-refractivity contribution < 1.29 is 14.6 Å². The first-order valence-corrected chi connectivity index (χ1v) is 4.63. The number of aromatic nitrogens is 1. The molecule has 5 nitrogen and oxygen atoms in total. The number of anilines is 1. The number of nitrogens with zero attached hydrogens (tertiary/aromatic N) is 1. The van der Waals surface area contributed by atoms with Gasteiger partial charge in [0.05, 0.1) is 12.2 Å². The van der Waals surface area contributed by atoms with Crippen LogP contribution in [0, 0.1) is 5.92 Å². The lowest BCUT2D eigenvalue weighted by molar-refractivity contribution is 0.0697. The zero-order valence-electron chi connectivity index (χ0n) is 8.73. The standard InChI is InChI=1S/C10H14N2O3/c1-6(2)5-15-9-8(11)7(10(13)14)3-4-12-9/h3-4,6H,5,11H2,1-2H3,(H,13,14). The lowest BCUT2D eigenvalue weighted by Crippen LogP contribution is -2.10. The van der Waals surface area contributed by atoms with Crippen molar-refractivity contribution in [2.75, 3.05) is 12.3 Å². The molecule has 1 rings (SSSR count). The van der Waals surface area contributed by atoms with E-state index in [-0.39, 0.29) is 17.1 Å². The van der Waals surface area contributed by atoms with Gasteiger partial charge >= 0.3 is 5.97 Å². The van der Waals surface area contributed by atoms with Gasteiger partial charge in [0, 0.05) is 6.20 Å². The van der Waals surface area contributed by atoms with Crippen LogP contribution in [0.2, 0.25) is 0 Å². The fraction of sp³-hybridized carbons (Fsp3) is 0.400. The van der Waals surface area contributed by atoms with Crippen LogP contribution in [0.1, 0.15) is 24.2 Å². The monoisotopic (exact) mass is 210 g/mol. The molecule has 1 heterocycles. The molecule has 82 valence electrons. The van der Waals surface area contributed by atoms with E-state index >= 15 is 0 Å². The highest BCUT2D eigenvalue weighted by molar-refractivity contribution is 5.94. The van der Waals surface area contributed by atoms with E-state index in [2.05, 4.69) is 4.98 Å². The lowest BCUT2D eigenvalue weighted by Gasteiger charge is -2.10. The Labute approximate surface area is 87.9 Å². The van der Waals surface area contributed by atoms with Crippen LogP contribution in [-0.4, -0.2) is 22.7 Å². The quantitative estimate of drug-likeness (QED) is 0.784. The number of carbonyl (C=O) groups is 1. The van der Waals surface area contributed by atoms with E-state index in [0.717, 1.165) is 0 Å². The van der Waals surface area contributed by atoms with Gasteiger partial charge in [0.1, 0.15) is 5.69 Å². The van der Waals surface area contributed by atoms with E-state index in [1.54, 1.807) is 0 Å². The van der Waals surface area contributed by atoms with Gasteiger partial charge in [-0.05, 0) is 12.0 Å². The summed E-state index contributed by atoms with van der Waals surface area (Å²) in [6, 6.07) is 1.35. The Morgan fingerprint density at radius 1 is 1.67 bits per heavy atom. The molecule has 0 radical (unpaired) electrons. The van der Waals surface area contributed by atoms with Gasteiger partial charge in [0.2, 0.25) is 5.88 Å². The van der Waals surface area contributed by atoms with Crippen molar-refractivity contribution in [3.8, 4) is 5.88 Å². The van der Waals surface area contributed by atoms with Crippen molar-refractivity contribution in [1.82, 2.24) is 4.98 Å². The third-order valence-corrected chi connectivity index (χ3v) is 1.74. The molecule has 0 fully saturated rings. The van der Waals surface area contributed by atoms with Gasteiger partial charge in [-0.2, -0.15) is 0 Å². The molecule has 1 aromatic rings. The van der Waals surface area contributed by atoms with E-state index in [4.69, 9.17) is 15.6 Å². The Balaban J connectivity index is 2.89. The van der Waals surface area contributed by atoms with Crippen LogP contribution in [0.3, 0.4) is 0 Å². The number of nitrogen functional groups attached to an aromatic ring is 1. The van der Waals surface area contributed by atoms with Crippen LogP contribution in [0.15, 0.2) is 12.3 Å². The van der Waals surface area contributed by atoms with Crippen LogP contribution >= 0.6 is 0 Å². The summed E-state index contributed by atoms with van der Waals surface area (Å²) in [7, 11) is 0. The first-order chi connectivity index (χ1) is 7.02. The molecule has 0 saturated carbocycles. The van der Waals surface area contributed by atoms with Gasteiger partial charge < -0.3 is 15.6 Å². The molecule has 1 aromatic heterocycles. The minimum absolute atomic E-state index is 0.0174. The zero-order chi connectivity index (χ0) is 11.4. The maximum Gasteiger partial charge on any atom is 0.338 e. The van der Waals surface area contributed by atoms with Gasteiger partial charge in [-0.1, -0.05) is 13.8 Å². The minimum atomic E-state index is -1.08. The molecule has 0 aromatic carbocycles. The summed E-state index contributed by atoms with van der Waals surface area (Å²) in [4.78, 5) is 14.6. The number of hydrogen-bond donors (Lipinski definition) is 2. The molecule has 3 N–H and O–H groups in total. The van der Waals surface area contributed by atoms with Crippen LogP contribution in [0.5, 0.6) is 5.88 Å². The highest BCUT2D eigenvalue weighted by Crippen LogP contribution is 2.22. The number of ether oxygens (including phenoxy) is 1. The number of aromatic carboxylic acids is 1. The molecule has 0 bridgehead atoms. The predicted octanol–water partition coefficient (Wildman–Crippen LogP) is 1.40. The van der Waals surface area contributed by atoms with Crippen molar-refractivity contribution >= 4 is 11.7 Å². The molecule has 0 atom stereocenters. The van der Waals surface area contributed by atoms with E-state index in [1.807, 2.05) is 13.8 Å². The van der Waals surface area contributed by atoms with Gasteiger partial charge in [0.25, 0.3) is 0 Å². The fourth-order valence-corrected chi connectivity index (χ4v) is 1.00. The summed E-state index contributed by atoms with van der Waals surface area (Å²) in [5.41, 5.74) is 5.69. The Kier molecular flexibility index (Phi) is 3.49. The first-order valence-electron chi connectivity index (χ1n) is 4.63. The van der Waals surface area contributed by atoms with Crippen molar-refractivity contribution in [1.29, 1.82) is 0 Å². The molecule has 0 aliphatic rings. The average Bonchev–Trinajstić information content (AvgIpc) is 2.15. The van der Waals surface area contributed by atoms with E-state index < -0.39 is 5.97 Å². The average molecular weight is 210 g/mol. The highest BCUT2D eigenvalue weighted by atomic mass is 16.5. The van der Waals surface area contributed by atoms with Gasteiger partial charge in [-0.3, -0.25) is 0 Å². The van der Waals surface area contributed by atoms with Crippen molar-refractivity contribution in [2.24, 2.45) is 5.92 Å². The third-order valence-electron chi connectivity index (χ3n) is 1.74. The Bertz CT molecular complexity index is 364. The zero-order valence-corrected chi connectivity index (χ0v) is 8.73. The summed E-state index contributed by atoms with van der Waals surface area (Å²) < 4.78 is 5.29. The Morgan fingerprint density at radius 3 is 2.87 bits per heavy atom. The predicted molar refractivity (Wildman–Crippen MR) is 55.9 cm³/mol.